The molecular weight excluding hydrogens is 400 g/mol. The van der Waals surface area contributed by atoms with Crippen LogP contribution in [0, 0.1) is 0 Å². The number of hydrogen-bond donors (Lipinski definition) is 0. The topological polar surface area (TPSA) is 68.8 Å². The molecule has 0 bridgehead atoms. The van der Waals surface area contributed by atoms with Crippen LogP contribution in [-0.2, 0) is 6.54 Å². The van der Waals surface area contributed by atoms with Crippen LogP contribution in [0.25, 0.3) is 16.9 Å². The minimum atomic E-state index is -0.0439. The molecule has 7 heteroatoms. The highest BCUT2D eigenvalue weighted by Gasteiger charge is 2.36. The van der Waals surface area contributed by atoms with Gasteiger partial charge in [-0.15, -0.1) is 10.2 Å². The van der Waals surface area contributed by atoms with Gasteiger partial charge in [-0.1, -0.05) is 48.5 Å². The third kappa shape index (κ3) is 3.21. The van der Waals surface area contributed by atoms with Gasteiger partial charge in [0.15, 0.2) is 5.82 Å². The first-order chi connectivity index (χ1) is 15.7. The van der Waals surface area contributed by atoms with Gasteiger partial charge in [-0.3, -0.25) is 4.79 Å². The van der Waals surface area contributed by atoms with E-state index < -0.39 is 0 Å². The van der Waals surface area contributed by atoms with E-state index >= 15 is 0 Å². The Kier molecular flexibility index (Phi) is 4.41. The van der Waals surface area contributed by atoms with Crippen LogP contribution in [0.2, 0.25) is 0 Å². The molecule has 0 saturated heterocycles. The molecular formula is C25H24N6O. The fourth-order valence-corrected chi connectivity index (χ4v) is 4.55. The lowest BCUT2D eigenvalue weighted by molar-refractivity contribution is 0.0670. The second-order valence-corrected chi connectivity index (χ2v) is 8.68. The summed E-state index contributed by atoms with van der Waals surface area (Å²) in [5, 5.41) is 13.7. The fraction of sp³-hybridized carbons (Fsp3) is 0.280. The summed E-state index contributed by atoms with van der Waals surface area (Å²) < 4.78 is 4.00. The van der Waals surface area contributed by atoms with Crippen molar-refractivity contribution in [2.45, 2.75) is 38.3 Å². The maximum atomic E-state index is 13.8. The average molecular weight is 425 g/mol. The largest absolute Gasteiger partial charge is 0.328 e. The van der Waals surface area contributed by atoms with Crippen molar-refractivity contribution in [1.82, 2.24) is 29.4 Å². The predicted molar refractivity (Wildman–Crippen MR) is 120 cm³/mol. The van der Waals surface area contributed by atoms with Crippen LogP contribution in [-0.4, -0.2) is 41.9 Å². The Morgan fingerprint density at radius 3 is 2.41 bits per heavy atom. The number of fused-ring (bicyclic) bond motifs is 1. The lowest BCUT2D eigenvalue weighted by atomic mass is 10.1. The Morgan fingerprint density at radius 1 is 0.969 bits per heavy atom. The molecule has 7 nitrogen and oxygen atoms in total. The molecule has 4 aromatic rings. The molecule has 1 atom stereocenters. The smallest absolute Gasteiger partial charge is 0.273 e. The zero-order chi connectivity index (χ0) is 21.7. The third-order valence-electron chi connectivity index (χ3n) is 6.28. The number of rotatable bonds is 4. The Labute approximate surface area is 186 Å². The first-order valence-electron chi connectivity index (χ1n) is 11.1. The second kappa shape index (κ2) is 7.44. The van der Waals surface area contributed by atoms with Gasteiger partial charge in [0.25, 0.3) is 5.91 Å². The highest BCUT2D eigenvalue weighted by Crippen LogP contribution is 2.41. The highest BCUT2D eigenvalue weighted by molar-refractivity contribution is 5.94. The van der Waals surface area contributed by atoms with E-state index in [4.69, 9.17) is 5.10 Å². The summed E-state index contributed by atoms with van der Waals surface area (Å²) in [6.45, 7) is 3.23. The van der Waals surface area contributed by atoms with E-state index in [1.807, 2.05) is 71.6 Å². The van der Waals surface area contributed by atoms with Crippen molar-refractivity contribution in [2.75, 3.05) is 6.54 Å². The van der Waals surface area contributed by atoms with Crippen LogP contribution in [0.15, 0.2) is 66.7 Å². The van der Waals surface area contributed by atoms with E-state index in [1.54, 1.807) is 4.68 Å². The number of aromatic nitrogens is 5. The zero-order valence-corrected chi connectivity index (χ0v) is 17.9. The Balaban J connectivity index is 1.38. The maximum absolute atomic E-state index is 13.8. The van der Waals surface area contributed by atoms with Gasteiger partial charge in [-0.25, -0.2) is 4.68 Å². The summed E-state index contributed by atoms with van der Waals surface area (Å²) in [4.78, 5) is 15.6. The van der Waals surface area contributed by atoms with Crippen LogP contribution in [0.5, 0.6) is 0 Å². The van der Waals surface area contributed by atoms with Crippen molar-refractivity contribution >= 4 is 5.91 Å². The summed E-state index contributed by atoms with van der Waals surface area (Å²) in [5.74, 6) is 2.44. The van der Waals surface area contributed by atoms with Crippen molar-refractivity contribution in [3.05, 3.63) is 84.1 Å². The van der Waals surface area contributed by atoms with Gasteiger partial charge < -0.3 is 9.47 Å². The predicted octanol–water partition coefficient (Wildman–Crippen LogP) is 4.23. The molecule has 6 rings (SSSR count). The minimum Gasteiger partial charge on any atom is -0.328 e. The first-order valence-corrected chi connectivity index (χ1v) is 11.1. The van der Waals surface area contributed by atoms with Crippen molar-refractivity contribution in [3.8, 4) is 16.9 Å². The number of hydrogen-bond acceptors (Lipinski definition) is 4. The molecule has 160 valence electrons. The zero-order valence-electron chi connectivity index (χ0n) is 17.9. The molecule has 1 fully saturated rings. The molecule has 2 aromatic heterocycles. The van der Waals surface area contributed by atoms with Gasteiger partial charge in [0.1, 0.15) is 11.5 Å². The molecule has 1 aliphatic carbocycles. The Bertz CT molecular complexity index is 1270. The standard InChI is InChI=1S/C25H24N6O/c1-17-15-29(16-23-26-27-24(30(17)23)19-12-13-19)25(32)22-14-21(18-8-4-2-5-9-18)28-31(22)20-10-6-3-7-11-20/h2-11,14,17,19H,12-13,15-16H2,1H3/t17-/m0/s1. The third-order valence-corrected chi connectivity index (χ3v) is 6.28. The number of nitrogens with zero attached hydrogens (tertiary/aromatic N) is 6. The molecule has 3 heterocycles. The summed E-state index contributed by atoms with van der Waals surface area (Å²) >= 11 is 0. The summed E-state index contributed by atoms with van der Waals surface area (Å²) in [6.07, 6.45) is 2.37. The quantitative estimate of drug-likeness (QED) is 0.492. The van der Waals surface area contributed by atoms with Gasteiger partial charge in [0.2, 0.25) is 0 Å². The molecule has 1 amide bonds. The van der Waals surface area contributed by atoms with Gasteiger partial charge >= 0.3 is 0 Å². The minimum absolute atomic E-state index is 0.0439. The van der Waals surface area contributed by atoms with Gasteiger partial charge in [0.05, 0.1) is 24.0 Å². The van der Waals surface area contributed by atoms with Crippen LogP contribution in [0.3, 0.4) is 0 Å². The van der Waals surface area contributed by atoms with Crippen molar-refractivity contribution in [1.29, 1.82) is 0 Å². The van der Waals surface area contributed by atoms with E-state index in [-0.39, 0.29) is 11.9 Å². The molecule has 32 heavy (non-hydrogen) atoms. The van der Waals surface area contributed by atoms with E-state index in [1.165, 1.54) is 12.8 Å². The van der Waals surface area contributed by atoms with E-state index in [0.717, 1.165) is 28.6 Å². The van der Waals surface area contributed by atoms with Crippen molar-refractivity contribution in [3.63, 3.8) is 0 Å². The van der Waals surface area contributed by atoms with Crippen molar-refractivity contribution < 1.29 is 4.79 Å². The number of benzene rings is 2. The lowest BCUT2D eigenvalue weighted by Crippen LogP contribution is -2.41. The highest BCUT2D eigenvalue weighted by atomic mass is 16.2. The van der Waals surface area contributed by atoms with Crippen LogP contribution >= 0.6 is 0 Å². The number of amides is 1. The van der Waals surface area contributed by atoms with Gasteiger partial charge in [-0.2, -0.15) is 5.10 Å². The van der Waals surface area contributed by atoms with Crippen LogP contribution < -0.4 is 0 Å². The monoisotopic (exact) mass is 424 g/mol. The SMILES string of the molecule is C[C@H]1CN(C(=O)c2cc(-c3ccccc3)nn2-c2ccccc2)Cc2nnc(C3CC3)n21. The maximum Gasteiger partial charge on any atom is 0.273 e. The molecule has 2 aromatic carbocycles. The Morgan fingerprint density at radius 2 is 1.69 bits per heavy atom. The number of carbonyl (C=O) groups is 1. The average Bonchev–Trinajstić information content (AvgIpc) is 3.42. The van der Waals surface area contributed by atoms with Gasteiger partial charge in [0, 0.05) is 18.0 Å². The molecule has 0 radical (unpaired) electrons. The van der Waals surface area contributed by atoms with E-state index in [9.17, 15) is 4.79 Å². The summed E-state index contributed by atoms with van der Waals surface area (Å²) in [6, 6.07) is 21.8. The fourth-order valence-electron chi connectivity index (χ4n) is 4.55. The lowest BCUT2D eigenvalue weighted by Gasteiger charge is -2.32. The van der Waals surface area contributed by atoms with Gasteiger partial charge in [-0.05, 0) is 38.0 Å². The Hall–Kier alpha value is -3.74. The summed E-state index contributed by atoms with van der Waals surface area (Å²) in [5.41, 5.74) is 3.18. The molecule has 2 aliphatic rings. The molecule has 0 N–H and O–H groups in total. The van der Waals surface area contributed by atoms with Crippen molar-refractivity contribution in [2.24, 2.45) is 0 Å². The normalized spacial score (nSPS) is 17.9. The van der Waals surface area contributed by atoms with E-state index in [0.29, 0.717) is 24.7 Å². The molecule has 0 spiro atoms. The van der Waals surface area contributed by atoms with Crippen LogP contribution in [0.1, 0.15) is 53.9 Å². The second-order valence-electron chi connectivity index (χ2n) is 8.68. The number of carbonyl (C=O) groups excluding carboxylic acids is 1. The summed E-state index contributed by atoms with van der Waals surface area (Å²) in [7, 11) is 0. The first kappa shape index (κ1) is 19.0. The molecule has 0 unspecified atom stereocenters. The molecule has 1 saturated carbocycles. The van der Waals surface area contributed by atoms with E-state index in [2.05, 4.69) is 21.7 Å². The number of para-hydroxylation sites is 1. The van der Waals surface area contributed by atoms with Crippen LogP contribution in [0.4, 0.5) is 0 Å². The molecule has 1 aliphatic heterocycles.